The first-order valence-corrected chi connectivity index (χ1v) is 9.89. The van der Waals surface area contributed by atoms with Gasteiger partial charge >= 0.3 is 11.9 Å². The van der Waals surface area contributed by atoms with E-state index >= 15 is 0 Å². The summed E-state index contributed by atoms with van der Waals surface area (Å²) in [5, 5.41) is 20.5. The van der Waals surface area contributed by atoms with Gasteiger partial charge in [0.05, 0.1) is 21.4 Å². The monoisotopic (exact) mass is 442 g/mol. The Morgan fingerprint density at radius 3 is 2.28 bits per heavy atom. The molecule has 0 saturated carbocycles. The van der Waals surface area contributed by atoms with Gasteiger partial charge in [0.1, 0.15) is 0 Å². The Kier molecular flexibility index (Phi) is 8.91. The number of halogens is 2. The third-order valence-corrected chi connectivity index (χ3v) is 5.24. The van der Waals surface area contributed by atoms with Crippen LogP contribution in [0.1, 0.15) is 12.1 Å². The van der Waals surface area contributed by atoms with Crippen LogP contribution in [-0.4, -0.2) is 81.5 Å². The van der Waals surface area contributed by atoms with Crippen molar-refractivity contribution in [3.63, 3.8) is 0 Å². The fraction of sp³-hybridized carbons (Fsp3) is 0.421. The maximum atomic E-state index is 9.10. The number of likely N-dealkylation sites (N-methyl/N-ethyl adjacent to an activating group) is 1. The summed E-state index contributed by atoms with van der Waals surface area (Å²) >= 11 is 12.0. The van der Waals surface area contributed by atoms with E-state index in [9.17, 15) is 0 Å². The Labute approximate surface area is 179 Å². The minimum atomic E-state index is -1.82. The smallest absolute Gasteiger partial charge is 0.414 e. The van der Waals surface area contributed by atoms with Gasteiger partial charge in [-0.25, -0.2) is 14.3 Å². The van der Waals surface area contributed by atoms with Crippen molar-refractivity contribution < 1.29 is 19.8 Å². The maximum absolute atomic E-state index is 9.10. The van der Waals surface area contributed by atoms with Crippen molar-refractivity contribution >= 4 is 35.1 Å². The molecule has 158 valence electrons. The maximum Gasteiger partial charge on any atom is 0.414 e. The zero-order valence-corrected chi connectivity index (χ0v) is 17.6. The number of aryl methyl sites for hydroxylation is 1. The predicted octanol–water partition coefficient (Wildman–Crippen LogP) is 2.51. The molecule has 0 amide bonds. The molecule has 8 nitrogen and oxygen atoms in total. The highest BCUT2D eigenvalue weighted by Crippen LogP contribution is 2.24. The van der Waals surface area contributed by atoms with E-state index < -0.39 is 11.9 Å². The van der Waals surface area contributed by atoms with E-state index in [0.29, 0.717) is 10.0 Å². The Morgan fingerprint density at radius 2 is 1.69 bits per heavy atom. The van der Waals surface area contributed by atoms with Crippen molar-refractivity contribution in [1.82, 2.24) is 19.6 Å². The van der Waals surface area contributed by atoms with Crippen LogP contribution in [0, 0.1) is 0 Å². The molecule has 10 heteroatoms. The third-order valence-electron chi connectivity index (χ3n) is 4.50. The molecule has 1 aliphatic rings. The van der Waals surface area contributed by atoms with Gasteiger partial charge in [0.2, 0.25) is 0 Å². The minimum absolute atomic E-state index is 0.552. The molecule has 0 unspecified atom stereocenters. The quantitative estimate of drug-likeness (QED) is 0.686. The van der Waals surface area contributed by atoms with Crippen molar-refractivity contribution in [2.24, 2.45) is 0 Å². The lowest BCUT2D eigenvalue weighted by Crippen LogP contribution is -2.44. The van der Waals surface area contributed by atoms with E-state index in [1.165, 1.54) is 26.2 Å². The van der Waals surface area contributed by atoms with Crippen molar-refractivity contribution in [2.75, 3.05) is 39.8 Å². The van der Waals surface area contributed by atoms with Gasteiger partial charge in [-0.05, 0) is 50.7 Å². The van der Waals surface area contributed by atoms with Crippen LogP contribution in [0.2, 0.25) is 10.0 Å². The number of aromatic nitrogens is 2. The topological polar surface area (TPSA) is 98.9 Å². The molecule has 0 spiro atoms. The molecule has 1 aromatic carbocycles. The number of nitrogens with zero attached hydrogens (tertiary/aromatic N) is 4. The lowest BCUT2D eigenvalue weighted by molar-refractivity contribution is -0.159. The molecule has 1 fully saturated rings. The zero-order valence-electron chi connectivity index (χ0n) is 16.1. The van der Waals surface area contributed by atoms with Crippen LogP contribution in [0.25, 0.3) is 5.69 Å². The van der Waals surface area contributed by atoms with Crippen LogP contribution < -0.4 is 0 Å². The summed E-state index contributed by atoms with van der Waals surface area (Å²) in [6, 6.07) is 7.64. The minimum Gasteiger partial charge on any atom is -0.473 e. The van der Waals surface area contributed by atoms with Gasteiger partial charge in [0.15, 0.2) is 0 Å². The molecule has 29 heavy (non-hydrogen) atoms. The van der Waals surface area contributed by atoms with Gasteiger partial charge in [-0.3, -0.25) is 0 Å². The Morgan fingerprint density at radius 1 is 1.03 bits per heavy atom. The van der Waals surface area contributed by atoms with Crippen LogP contribution >= 0.6 is 23.2 Å². The average Bonchev–Trinajstić information content (AvgIpc) is 3.15. The number of hydrogen-bond acceptors (Lipinski definition) is 5. The molecule has 2 aromatic rings. The van der Waals surface area contributed by atoms with Gasteiger partial charge in [-0.2, -0.15) is 5.10 Å². The van der Waals surface area contributed by atoms with E-state index in [1.54, 1.807) is 6.07 Å². The first-order chi connectivity index (χ1) is 13.8. The molecule has 0 radical (unpaired) electrons. The molecule has 0 aliphatic carbocycles. The third kappa shape index (κ3) is 7.66. The number of rotatable bonds is 5. The highest BCUT2D eigenvalue weighted by molar-refractivity contribution is 6.42. The van der Waals surface area contributed by atoms with Crippen molar-refractivity contribution in [2.45, 2.75) is 12.8 Å². The molecule has 1 aliphatic heterocycles. The van der Waals surface area contributed by atoms with E-state index in [1.807, 2.05) is 23.0 Å². The van der Waals surface area contributed by atoms with Crippen LogP contribution in [-0.2, 0) is 16.0 Å². The molecule has 2 heterocycles. The molecular weight excluding hydrogens is 419 g/mol. The molecular formula is C19H24Cl2N4O4. The molecule has 1 aromatic heterocycles. The Bertz CT molecular complexity index is 823. The molecule has 1 saturated heterocycles. The number of carboxylic acids is 2. The molecule has 2 N–H and O–H groups in total. The summed E-state index contributed by atoms with van der Waals surface area (Å²) in [4.78, 5) is 23.1. The van der Waals surface area contributed by atoms with Gasteiger partial charge in [-0.15, -0.1) is 0 Å². The lowest BCUT2D eigenvalue weighted by atomic mass is 10.2. The van der Waals surface area contributed by atoms with E-state index in [0.717, 1.165) is 30.8 Å². The molecule has 3 rings (SSSR count). The van der Waals surface area contributed by atoms with Gasteiger partial charge in [0, 0.05) is 32.4 Å². The summed E-state index contributed by atoms with van der Waals surface area (Å²) in [5.41, 5.74) is 2.05. The van der Waals surface area contributed by atoms with Crippen molar-refractivity contribution in [1.29, 1.82) is 0 Å². The first kappa shape index (κ1) is 23.2. The van der Waals surface area contributed by atoms with E-state index in [4.69, 9.17) is 43.0 Å². The van der Waals surface area contributed by atoms with Gasteiger partial charge in [0.25, 0.3) is 0 Å². The molecule has 0 atom stereocenters. The average molecular weight is 443 g/mol. The number of aliphatic carboxylic acids is 2. The lowest BCUT2D eigenvalue weighted by Gasteiger charge is -2.32. The fourth-order valence-corrected chi connectivity index (χ4v) is 3.11. The second kappa shape index (κ2) is 11.2. The second-order valence-corrected chi connectivity index (χ2v) is 7.52. The summed E-state index contributed by atoms with van der Waals surface area (Å²) in [6.07, 6.45) is 4.12. The molecule has 0 bridgehead atoms. The number of carboxylic acid groups (broad SMARTS) is 2. The van der Waals surface area contributed by atoms with Crippen LogP contribution in [0.3, 0.4) is 0 Å². The van der Waals surface area contributed by atoms with Gasteiger partial charge < -0.3 is 20.0 Å². The second-order valence-electron chi connectivity index (χ2n) is 6.71. The largest absolute Gasteiger partial charge is 0.473 e. The highest BCUT2D eigenvalue weighted by atomic mass is 35.5. The van der Waals surface area contributed by atoms with Crippen LogP contribution in [0.4, 0.5) is 0 Å². The first-order valence-electron chi connectivity index (χ1n) is 9.13. The summed E-state index contributed by atoms with van der Waals surface area (Å²) < 4.78 is 1.85. The van der Waals surface area contributed by atoms with E-state index in [2.05, 4.69) is 28.0 Å². The standard InChI is InChI=1S/C17H22Cl2N4.C2H2O4/c1-21-9-11-22(12-10-21)7-2-3-14-6-8-23(20-14)15-4-5-16(18)17(19)13-15;3-1(4)2(5)6/h4-6,8,13H,2-3,7,9-12H2,1H3;(H,3,4)(H,5,6). The zero-order chi connectivity index (χ0) is 21.4. The number of benzene rings is 1. The fourth-order valence-electron chi connectivity index (χ4n) is 2.82. The SMILES string of the molecule is CN1CCN(CCCc2ccn(-c3ccc(Cl)c(Cl)c3)n2)CC1.O=C(O)C(=O)O. The summed E-state index contributed by atoms with van der Waals surface area (Å²) in [5.74, 6) is -3.65. The predicted molar refractivity (Wildman–Crippen MR) is 111 cm³/mol. The normalized spacial score (nSPS) is 14.9. The van der Waals surface area contributed by atoms with Gasteiger partial charge in [-0.1, -0.05) is 23.2 Å². The summed E-state index contributed by atoms with van der Waals surface area (Å²) in [6.45, 7) is 5.84. The van der Waals surface area contributed by atoms with Crippen molar-refractivity contribution in [3.8, 4) is 5.69 Å². The van der Waals surface area contributed by atoms with Crippen LogP contribution in [0.15, 0.2) is 30.5 Å². The van der Waals surface area contributed by atoms with Crippen LogP contribution in [0.5, 0.6) is 0 Å². The summed E-state index contributed by atoms with van der Waals surface area (Å²) in [7, 11) is 2.19. The number of piperazine rings is 1. The Hall–Kier alpha value is -2.13. The van der Waals surface area contributed by atoms with E-state index in [-0.39, 0.29) is 0 Å². The number of carbonyl (C=O) groups is 2. The highest BCUT2D eigenvalue weighted by Gasteiger charge is 2.13. The number of hydrogen-bond donors (Lipinski definition) is 2. The van der Waals surface area contributed by atoms with Crippen molar-refractivity contribution in [3.05, 3.63) is 46.2 Å². The Balaban J connectivity index is 0.000000438.